The molecule has 7 heteroatoms. The lowest BCUT2D eigenvalue weighted by molar-refractivity contribution is 0.0728. The number of esters is 1. The number of rotatable bonds is 9. The van der Waals surface area contributed by atoms with E-state index < -0.39 is 5.97 Å². The van der Waals surface area contributed by atoms with Gasteiger partial charge in [-0.25, -0.2) is 10.2 Å². The van der Waals surface area contributed by atoms with Crippen molar-refractivity contribution in [2.75, 3.05) is 13.2 Å². The lowest BCUT2D eigenvalue weighted by Gasteiger charge is -2.18. The number of nitrogens with one attached hydrogen (secondary N) is 1. The highest BCUT2D eigenvalue weighted by molar-refractivity contribution is 5.95. The second-order valence-corrected chi connectivity index (χ2v) is 9.01. The fourth-order valence-corrected chi connectivity index (χ4v) is 3.32. The van der Waals surface area contributed by atoms with Gasteiger partial charge in [-0.05, 0) is 85.0 Å². The van der Waals surface area contributed by atoms with Crippen LogP contribution in [0.4, 0.5) is 0 Å². The Morgan fingerprint density at radius 1 is 0.833 bits per heavy atom. The van der Waals surface area contributed by atoms with Gasteiger partial charge in [-0.15, -0.1) is 0 Å². The third-order valence-electron chi connectivity index (χ3n) is 5.26. The molecule has 0 spiro atoms. The van der Waals surface area contributed by atoms with Crippen LogP contribution in [0.25, 0.3) is 0 Å². The molecule has 3 aromatic carbocycles. The van der Waals surface area contributed by atoms with E-state index in [9.17, 15) is 9.59 Å². The Kier molecular flexibility index (Phi) is 8.84. The summed E-state index contributed by atoms with van der Waals surface area (Å²) in [6.45, 7) is 11.0. The minimum atomic E-state index is -0.509. The molecule has 1 amide bonds. The van der Waals surface area contributed by atoms with Crippen molar-refractivity contribution in [3.63, 3.8) is 0 Å². The molecule has 3 rings (SSSR count). The molecule has 0 aliphatic rings. The van der Waals surface area contributed by atoms with E-state index in [0.29, 0.717) is 41.4 Å². The lowest BCUT2D eigenvalue weighted by Crippen LogP contribution is -2.18. The van der Waals surface area contributed by atoms with Gasteiger partial charge in [0, 0.05) is 5.56 Å². The Balaban J connectivity index is 1.66. The van der Waals surface area contributed by atoms with Crippen molar-refractivity contribution in [3.05, 3.63) is 89.0 Å². The Morgan fingerprint density at radius 3 is 2.08 bits per heavy atom. The predicted molar refractivity (Wildman–Crippen MR) is 140 cm³/mol. The predicted octanol–water partition coefficient (Wildman–Crippen LogP) is 5.76. The highest BCUT2D eigenvalue weighted by Crippen LogP contribution is 2.29. The first kappa shape index (κ1) is 26.5. The van der Waals surface area contributed by atoms with Crippen LogP contribution in [0.3, 0.4) is 0 Å². The summed E-state index contributed by atoms with van der Waals surface area (Å²) < 4.78 is 16.6. The smallest absolute Gasteiger partial charge is 0.343 e. The molecule has 0 aromatic heterocycles. The molecular formula is C29H32N2O5. The van der Waals surface area contributed by atoms with Gasteiger partial charge in [0.1, 0.15) is 5.75 Å². The molecule has 0 fully saturated rings. The van der Waals surface area contributed by atoms with Crippen molar-refractivity contribution >= 4 is 18.1 Å². The summed E-state index contributed by atoms with van der Waals surface area (Å²) in [7, 11) is 0. The number of hydrazone groups is 1. The molecule has 7 nitrogen and oxygen atoms in total. The molecule has 1 N–H and O–H groups in total. The maximum atomic E-state index is 12.6. The summed E-state index contributed by atoms with van der Waals surface area (Å²) in [6.07, 6.45) is 1.50. The van der Waals surface area contributed by atoms with Crippen molar-refractivity contribution < 1.29 is 23.8 Å². The highest BCUT2D eigenvalue weighted by Gasteiger charge is 2.15. The second kappa shape index (κ2) is 12.0. The minimum absolute atomic E-state index is 0.0140. The molecule has 3 aromatic rings. The maximum absolute atomic E-state index is 12.6. The molecule has 36 heavy (non-hydrogen) atoms. The van der Waals surface area contributed by atoms with E-state index in [1.165, 1.54) is 6.21 Å². The fraction of sp³-hybridized carbons (Fsp3) is 0.276. The van der Waals surface area contributed by atoms with Crippen molar-refractivity contribution in [2.45, 2.75) is 40.0 Å². The van der Waals surface area contributed by atoms with Crippen molar-refractivity contribution in [1.29, 1.82) is 0 Å². The summed E-state index contributed by atoms with van der Waals surface area (Å²) in [6, 6.07) is 19.2. The summed E-state index contributed by atoms with van der Waals surface area (Å²) in [5.41, 5.74) is 5.28. The largest absolute Gasteiger partial charge is 0.494 e. The van der Waals surface area contributed by atoms with Crippen LogP contribution in [0.1, 0.15) is 66.5 Å². The van der Waals surface area contributed by atoms with E-state index in [4.69, 9.17) is 14.2 Å². The Labute approximate surface area is 212 Å². The summed E-state index contributed by atoms with van der Waals surface area (Å²) >= 11 is 0. The molecule has 0 radical (unpaired) electrons. The molecule has 0 saturated heterocycles. The van der Waals surface area contributed by atoms with Gasteiger partial charge >= 0.3 is 5.97 Å². The van der Waals surface area contributed by atoms with Crippen LogP contribution in [0.2, 0.25) is 0 Å². The van der Waals surface area contributed by atoms with Gasteiger partial charge < -0.3 is 14.2 Å². The molecule has 0 atom stereocenters. The maximum Gasteiger partial charge on any atom is 0.343 e. The zero-order chi connectivity index (χ0) is 26.1. The van der Waals surface area contributed by atoms with Crippen LogP contribution >= 0.6 is 0 Å². The van der Waals surface area contributed by atoms with Crippen LogP contribution in [0.15, 0.2) is 71.8 Å². The molecule has 0 heterocycles. The van der Waals surface area contributed by atoms with Crippen LogP contribution in [-0.4, -0.2) is 31.3 Å². The second-order valence-electron chi connectivity index (χ2n) is 9.01. The first-order valence-electron chi connectivity index (χ1n) is 11.9. The average molecular weight is 489 g/mol. The van der Waals surface area contributed by atoms with Gasteiger partial charge in [0.25, 0.3) is 5.91 Å². The van der Waals surface area contributed by atoms with Crippen molar-refractivity contribution in [3.8, 4) is 17.2 Å². The van der Waals surface area contributed by atoms with E-state index in [1.807, 2.05) is 26.0 Å². The van der Waals surface area contributed by atoms with Crippen LogP contribution in [0.5, 0.6) is 17.2 Å². The number of benzene rings is 3. The Morgan fingerprint density at radius 2 is 1.47 bits per heavy atom. The Bertz CT molecular complexity index is 1210. The van der Waals surface area contributed by atoms with Crippen LogP contribution < -0.4 is 19.6 Å². The van der Waals surface area contributed by atoms with E-state index in [1.54, 1.807) is 54.6 Å². The van der Waals surface area contributed by atoms with Gasteiger partial charge in [0.2, 0.25) is 0 Å². The molecule has 0 unspecified atom stereocenters. The molecule has 188 valence electrons. The monoisotopic (exact) mass is 488 g/mol. The third-order valence-corrected chi connectivity index (χ3v) is 5.26. The summed E-state index contributed by atoms with van der Waals surface area (Å²) in [5.74, 6) is 0.546. The number of hydrogen-bond donors (Lipinski definition) is 1. The van der Waals surface area contributed by atoms with Crippen molar-refractivity contribution in [1.82, 2.24) is 5.43 Å². The van der Waals surface area contributed by atoms with E-state index in [0.717, 1.165) is 5.56 Å². The number of ether oxygens (including phenoxy) is 3. The van der Waals surface area contributed by atoms with Gasteiger partial charge in [-0.1, -0.05) is 32.9 Å². The molecular weight excluding hydrogens is 456 g/mol. The molecule has 0 saturated carbocycles. The van der Waals surface area contributed by atoms with E-state index in [-0.39, 0.29) is 17.1 Å². The SMILES string of the molecule is CCOc1ccc(C(=O)Oc2ccc(/C=N/NC(=O)c3ccc(C(C)(C)C)cc3)cc2OCC)cc1. The van der Waals surface area contributed by atoms with Gasteiger partial charge in [0.05, 0.1) is 25.0 Å². The number of hydrogen-bond acceptors (Lipinski definition) is 6. The first-order valence-corrected chi connectivity index (χ1v) is 11.9. The molecule has 0 aliphatic carbocycles. The van der Waals surface area contributed by atoms with Gasteiger partial charge in [-0.2, -0.15) is 5.10 Å². The lowest BCUT2D eigenvalue weighted by atomic mass is 9.87. The normalized spacial score (nSPS) is 11.2. The third kappa shape index (κ3) is 7.18. The zero-order valence-corrected chi connectivity index (χ0v) is 21.3. The quantitative estimate of drug-likeness (QED) is 0.179. The van der Waals surface area contributed by atoms with Crippen LogP contribution in [-0.2, 0) is 5.41 Å². The van der Waals surface area contributed by atoms with Crippen LogP contribution in [0, 0.1) is 0 Å². The number of amides is 1. The average Bonchev–Trinajstić information content (AvgIpc) is 2.86. The fourth-order valence-electron chi connectivity index (χ4n) is 3.32. The first-order chi connectivity index (χ1) is 17.2. The minimum Gasteiger partial charge on any atom is -0.494 e. The van der Waals surface area contributed by atoms with E-state index in [2.05, 4.69) is 31.3 Å². The van der Waals surface area contributed by atoms with E-state index >= 15 is 0 Å². The molecule has 0 bridgehead atoms. The highest BCUT2D eigenvalue weighted by atomic mass is 16.6. The van der Waals surface area contributed by atoms with Crippen molar-refractivity contribution in [2.24, 2.45) is 5.10 Å². The number of nitrogens with zero attached hydrogens (tertiary/aromatic N) is 1. The zero-order valence-electron chi connectivity index (χ0n) is 21.3. The summed E-state index contributed by atoms with van der Waals surface area (Å²) in [4.78, 5) is 25.0. The number of carbonyl (C=O) groups is 2. The summed E-state index contributed by atoms with van der Waals surface area (Å²) in [5, 5.41) is 4.05. The standard InChI is InChI=1S/C29H32N2O5/c1-6-34-24-15-11-22(12-16-24)28(33)36-25-17-8-20(18-26(25)35-7-2)19-30-31-27(32)21-9-13-23(14-10-21)29(3,4)5/h8-19H,6-7H2,1-5H3,(H,31,32)/b30-19+. The molecule has 0 aliphatic heterocycles. The van der Waals surface area contributed by atoms with Gasteiger partial charge in [0.15, 0.2) is 11.5 Å². The van der Waals surface area contributed by atoms with Gasteiger partial charge in [-0.3, -0.25) is 4.79 Å². The number of carbonyl (C=O) groups excluding carboxylic acids is 2. The topological polar surface area (TPSA) is 86.2 Å². The Hall–Kier alpha value is -4.13.